The first-order valence-corrected chi connectivity index (χ1v) is 9.88. The quantitative estimate of drug-likeness (QED) is 0.256. The molecule has 0 aromatic rings. The molecule has 0 aromatic carbocycles. The lowest BCUT2D eigenvalue weighted by Gasteiger charge is -2.03. The van der Waals surface area contributed by atoms with Crippen LogP contribution >= 0.6 is 12.6 Å². The standard InChI is InChI=1S/C19H37OS/c1-2-3-4-5-6-7-8-9-10-11-12-13-14-15-16-17-18-19(20)21/h2-18H2,1H3. The Morgan fingerprint density at radius 1 is 0.571 bits per heavy atom. The lowest BCUT2D eigenvalue weighted by molar-refractivity contribution is -0.110. The van der Waals surface area contributed by atoms with Gasteiger partial charge in [-0.3, -0.25) is 4.79 Å². The molecule has 0 heterocycles. The van der Waals surface area contributed by atoms with Gasteiger partial charge in [-0.15, -0.1) is 0 Å². The van der Waals surface area contributed by atoms with E-state index in [0.29, 0.717) is 6.42 Å². The molecule has 0 amide bonds. The minimum Gasteiger partial charge on any atom is -0.282 e. The molecule has 0 rings (SSSR count). The molecule has 0 spiro atoms. The molecule has 0 unspecified atom stereocenters. The summed E-state index contributed by atoms with van der Waals surface area (Å²) in [5.74, 6) is 0. The Morgan fingerprint density at radius 3 is 1.14 bits per heavy atom. The van der Waals surface area contributed by atoms with Gasteiger partial charge in [-0.05, 0) is 19.0 Å². The van der Waals surface area contributed by atoms with E-state index in [1.807, 2.05) is 0 Å². The molecule has 0 aliphatic rings. The first-order chi connectivity index (χ1) is 10.3. The molecule has 1 nitrogen and oxygen atoms in total. The highest BCUT2D eigenvalue weighted by Gasteiger charge is 1.96. The van der Waals surface area contributed by atoms with Gasteiger partial charge in [0.1, 0.15) is 0 Å². The van der Waals surface area contributed by atoms with Gasteiger partial charge in [0.05, 0.1) is 0 Å². The number of carbonyl (C=O) groups is 1. The maximum Gasteiger partial charge on any atom is 0.218 e. The van der Waals surface area contributed by atoms with Gasteiger partial charge in [-0.1, -0.05) is 103 Å². The predicted molar refractivity (Wildman–Crippen MR) is 96.8 cm³/mol. The van der Waals surface area contributed by atoms with Crippen molar-refractivity contribution in [2.24, 2.45) is 0 Å². The zero-order chi connectivity index (χ0) is 15.6. The highest BCUT2D eigenvalue weighted by Crippen LogP contribution is 2.14. The molecular formula is C19H37OS. The fourth-order valence-corrected chi connectivity index (χ4v) is 2.96. The predicted octanol–water partition coefficient (Wildman–Crippen LogP) is 7.36. The van der Waals surface area contributed by atoms with Crippen LogP contribution in [0.25, 0.3) is 0 Å². The Morgan fingerprint density at radius 2 is 0.857 bits per heavy atom. The van der Waals surface area contributed by atoms with Crippen LogP contribution in [0.1, 0.15) is 116 Å². The van der Waals surface area contributed by atoms with Crippen molar-refractivity contribution in [2.45, 2.75) is 116 Å². The normalized spacial score (nSPS) is 10.9. The van der Waals surface area contributed by atoms with Crippen molar-refractivity contribution in [3.63, 3.8) is 0 Å². The summed E-state index contributed by atoms with van der Waals surface area (Å²) >= 11 is 4.55. The second-order valence-corrected chi connectivity index (χ2v) is 6.88. The summed E-state index contributed by atoms with van der Waals surface area (Å²) in [5, 5.41) is -0.0691. The van der Waals surface area contributed by atoms with Crippen molar-refractivity contribution in [2.75, 3.05) is 0 Å². The highest BCUT2D eigenvalue weighted by atomic mass is 32.1. The van der Waals surface area contributed by atoms with E-state index in [9.17, 15) is 4.79 Å². The Balaban J connectivity index is 2.95. The van der Waals surface area contributed by atoms with E-state index in [2.05, 4.69) is 19.6 Å². The Hall–Kier alpha value is -0.110. The van der Waals surface area contributed by atoms with Gasteiger partial charge in [0.25, 0.3) is 0 Å². The number of unbranched alkanes of at least 4 members (excludes halogenated alkanes) is 15. The van der Waals surface area contributed by atoms with Crippen molar-refractivity contribution in [3.8, 4) is 0 Å². The molecule has 0 bridgehead atoms. The zero-order valence-corrected chi connectivity index (χ0v) is 15.2. The molecule has 0 saturated heterocycles. The van der Waals surface area contributed by atoms with Crippen molar-refractivity contribution in [1.29, 1.82) is 0 Å². The van der Waals surface area contributed by atoms with Crippen LogP contribution in [-0.2, 0) is 4.79 Å². The molecule has 0 saturated carbocycles. The number of carbonyl (C=O) groups excluding carboxylic acids is 1. The average molecular weight is 314 g/mol. The largest absolute Gasteiger partial charge is 0.282 e. The number of hydrogen-bond donors (Lipinski definition) is 0. The van der Waals surface area contributed by atoms with Crippen LogP contribution in [0.3, 0.4) is 0 Å². The first-order valence-electron chi connectivity index (χ1n) is 9.47. The smallest absolute Gasteiger partial charge is 0.218 e. The topological polar surface area (TPSA) is 17.1 Å². The van der Waals surface area contributed by atoms with Gasteiger partial charge in [0.15, 0.2) is 0 Å². The van der Waals surface area contributed by atoms with Crippen molar-refractivity contribution in [1.82, 2.24) is 0 Å². The third-order valence-electron chi connectivity index (χ3n) is 4.23. The van der Waals surface area contributed by atoms with Gasteiger partial charge >= 0.3 is 0 Å². The van der Waals surface area contributed by atoms with Gasteiger partial charge in [0.2, 0.25) is 5.12 Å². The molecule has 0 atom stereocenters. The summed E-state index contributed by atoms with van der Waals surface area (Å²) in [5.41, 5.74) is 0. The van der Waals surface area contributed by atoms with E-state index in [-0.39, 0.29) is 5.12 Å². The summed E-state index contributed by atoms with van der Waals surface area (Å²) in [7, 11) is 0. The van der Waals surface area contributed by atoms with Crippen LogP contribution in [0.15, 0.2) is 0 Å². The SMILES string of the molecule is CCCCCCCCCCCCCCCCCCC(=O)[S]. The van der Waals surface area contributed by atoms with Crippen molar-refractivity contribution in [3.05, 3.63) is 0 Å². The number of hydrogen-bond acceptors (Lipinski definition) is 1. The molecule has 0 aliphatic carbocycles. The molecular weight excluding hydrogens is 276 g/mol. The summed E-state index contributed by atoms with van der Waals surface area (Å²) < 4.78 is 0. The fourth-order valence-electron chi connectivity index (χ4n) is 2.82. The Kier molecular flexibility index (Phi) is 17.8. The van der Waals surface area contributed by atoms with Gasteiger partial charge in [0, 0.05) is 6.42 Å². The van der Waals surface area contributed by atoms with E-state index in [4.69, 9.17) is 0 Å². The summed E-state index contributed by atoms with van der Waals surface area (Å²) in [6.45, 7) is 2.28. The second kappa shape index (κ2) is 17.9. The molecule has 1 radical (unpaired) electrons. The van der Waals surface area contributed by atoms with E-state index < -0.39 is 0 Å². The summed E-state index contributed by atoms with van der Waals surface area (Å²) in [4.78, 5) is 10.6. The van der Waals surface area contributed by atoms with Crippen LogP contribution in [0, 0.1) is 0 Å². The minimum absolute atomic E-state index is 0.0691. The van der Waals surface area contributed by atoms with Crippen LogP contribution in [-0.4, -0.2) is 5.12 Å². The highest BCUT2D eigenvalue weighted by molar-refractivity contribution is 7.96. The van der Waals surface area contributed by atoms with E-state index >= 15 is 0 Å². The lowest BCUT2D eigenvalue weighted by atomic mass is 10.0. The molecule has 2 heteroatoms. The first kappa shape index (κ1) is 20.9. The van der Waals surface area contributed by atoms with E-state index in [1.54, 1.807) is 0 Å². The van der Waals surface area contributed by atoms with Crippen LogP contribution in [0.2, 0.25) is 0 Å². The Labute approximate surface area is 139 Å². The average Bonchev–Trinajstić information content (AvgIpc) is 2.46. The third-order valence-corrected chi connectivity index (χ3v) is 4.44. The molecule has 0 aromatic heterocycles. The van der Waals surface area contributed by atoms with Crippen LogP contribution in [0.5, 0.6) is 0 Å². The maximum absolute atomic E-state index is 10.6. The van der Waals surface area contributed by atoms with Gasteiger partial charge < -0.3 is 0 Å². The Bertz CT molecular complexity index is 216. The van der Waals surface area contributed by atoms with Crippen molar-refractivity contribution < 1.29 is 4.79 Å². The van der Waals surface area contributed by atoms with Crippen LogP contribution in [0.4, 0.5) is 0 Å². The molecule has 125 valence electrons. The molecule has 0 N–H and O–H groups in total. The maximum atomic E-state index is 10.6. The summed E-state index contributed by atoms with van der Waals surface area (Å²) in [6, 6.07) is 0. The zero-order valence-electron chi connectivity index (χ0n) is 14.3. The van der Waals surface area contributed by atoms with Crippen molar-refractivity contribution >= 4 is 17.7 Å². The van der Waals surface area contributed by atoms with E-state index in [1.165, 1.54) is 96.3 Å². The lowest BCUT2D eigenvalue weighted by Crippen LogP contribution is -1.87. The van der Waals surface area contributed by atoms with E-state index in [0.717, 1.165) is 6.42 Å². The third kappa shape index (κ3) is 19.9. The minimum atomic E-state index is -0.0691. The van der Waals surface area contributed by atoms with Gasteiger partial charge in [-0.2, -0.15) is 0 Å². The fraction of sp³-hybridized carbons (Fsp3) is 0.947. The summed E-state index contributed by atoms with van der Waals surface area (Å²) in [6.07, 6.45) is 22.5. The monoisotopic (exact) mass is 313 g/mol. The second-order valence-electron chi connectivity index (χ2n) is 6.43. The molecule has 0 aliphatic heterocycles. The van der Waals surface area contributed by atoms with Gasteiger partial charge in [-0.25, -0.2) is 0 Å². The molecule has 0 fully saturated rings. The number of rotatable bonds is 17. The molecule has 21 heavy (non-hydrogen) atoms. The van der Waals surface area contributed by atoms with Crippen LogP contribution < -0.4 is 0 Å².